The topological polar surface area (TPSA) is 36.4 Å². The van der Waals surface area contributed by atoms with Crippen LogP contribution >= 0.6 is 35.8 Å². The van der Waals surface area contributed by atoms with E-state index < -0.39 is 0 Å². The second-order valence-electron chi connectivity index (χ2n) is 4.71. The summed E-state index contributed by atoms with van der Waals surface area (Å²) >= 11 is 7.63. The minimum Gasteiger partial charge on any atom is -0.355 e. The van der Waals surface area contributed by atoms with Crippen LogP contribution < -0.4 is 10.6 Å². The van der Waals surface area contributed by atoms with E-state index in [1.807, 2.05) is 24.3 Å². The Bertz CT molecular complexity index is 627. The number of rotatable bonds is 4. The fraction of sp³-hybridized carbons (Fsp3) is 0.188. The van der Waals surface area contributed by atoms with Gasteiger partial charge in [-0.2, -0.15) is 0 Å². The van der Waals surface area contributed by atoms with E-state index in [1.54, 1.807) is 11.8 Å². The monoisotopic (exact) mass is 353 g/mol. The molecule has 0 amide bonds. The van der Waals surface area contributed by atoms with Gasteiger partial charge < -0.3 is 10.6 Å². The predicted molar refractivity (Wildman–Crippen MR) is 96.4 cm³/mol. The van der Waals surface area contributed by atoms with Gasteiger partial charge in [0, 0.05) is 27.9 Å². The molecule has 0 spiro atoms. The van der Waals surface area contributed by atoms with Crippen molar-refractivity contribution < 1.29 is 0 Å². The summed E-state index contributed by atoms with van der Waals surface area (Å²) in [5.41, 5.74) is 1.24. The predicted octanol–water partition coefficient (Wildman–Crippen LogP) is 3.96. The van der Waals surface area contributed by atoms with Crippen molar-refractivity contribution in [2.75, 3.05) is 13.1 Å². The minimum absolute atomic E-state index is 0. The maximum Gasteiger partial charge on any atom is 0.191 e. The first kappa shape index (κ1) is 17.0. The molecule has 0 atom stereocenters. The second-order valence-corrected chi connectivity index (χ2v) is 6.29. The smallest absolute Gasteiger partial charge is 0.191 e. The normalized spacial score (nSPS) is 13.0. The van der Waals surface area contributed by atoms with Crippen molar-refractivity contribution in [1.82, 2.24) is 10.6 Å². The zero-order valence-corrected chi connectivity index (χ0v) is 14.3. The standard InChI is InChI=1S/C16H16ClN3S.ClH/c17-13-3-7-15(8-4-13)21-14-5-1-12(2-6-14)11-20-16-18-9-10-19-16;/h1-8H,9-11H2,(H2,18,19,20);1H. The molecule has 0 bridgehead atoms. The maximum atomic E-state index is 5.89. The third-order valence-corrected chi connectivity index (χ3v) is 4.37. The van der Waals surface area contributed by atoms with Gasteiger partial charge in [0.2, 0.25) is 0 Å². The van der Waals surface area contributed by atoms with E-state index >= 15 is 0 Å². The molecule has 2 aromatic carbocycles. The van der Waals surface area contributed by atoms with Crippen molar-refractivity contribution in [2.24, 2.45) is 4.99 Å². The molecule has 1 heterocycles. The quantitative estimate of drug-likeness (QED) is 0.873. The molecule has 22 heavy (non-hydrogen) atoms. The molecule has 3 rings (SSSR count). The van der Waals surface area contributed by atoms with E-state index in [9.17, 15) is 0 Å². The SMILES string of the molecule is Cl.Clc1ccc(Sc2ccc(CNC3=NCCN3)cc2)cc1. The van der Waals surface area contributed by atoms with Gasteiger partial charge in [0.1, 0.15) is 0 Å². The number of aliphatic imine (C=N–C) groups is 1. The van der Waals surface area contributed by atoms with Gasteiger partial charge in [-0.1, -0.05) is 35.5 Å². The van der Waals surface area contributed by atoms with Gasteiger partial charge in [-0.3, -0.25) is 4.99 Å². The van der Waals surface area contributed by atoms with E-state index in [2.05, 4.69) is 39.9 Å². The zero-order valence-electron chi connectivity index (χ0n) is 11.9. The van der Waals surface area contributed by atoms with Crippen LogP contribution in [-0.2, 0) is 6.54 Å². The molecule has 0 saturated heterocycles. The van der Waals surface area contributed by atoms with Gasteiger partial charge in [0.25, 0.3) is 0 Å². The van der Waals surface area contributed by atoms with Crippen LogP contribution in [0.4, 0.5) is 0 Å². The summed E-state index contributed by atoms with van der Waals surface area (Å²) in [6.07, 6.45) is 0. The minimum atomic E-state index is 0. The molecule has 0 aromatic heterocycles. The third kappa shape index (κ3) is 4.83. The average Bonchev–Trinajstić information content (AvgIpc) is 3.02. The fourth-order valence-electron chi connectivity index (χ4n) is 2.02. The highest BCUT2D eigenvalue weighted by Crippen LogP contribution is 2.28. The van der Waals surface area contributed by atoms with Crippen LogP contribution in [0.25, 0.3) is 0 Å². The number of benzene rings is 2. The second kappa shape index (κ2) is 8.32. The highest BCUT2D eigenvalue weighted by Gasteiger charge is 2.04. The van der Waals surface area contributed by atoms with E-state index in [4.69, 9.17) is 11.6 Å². The summed E-state index contributed by atoms with van der Waals surface area (Å²) in [6.45, 7) is 2.58. The molecule has 2 aromatic rings. The van der Waals surface area contributed by atoms with Crippen LogP contribution in [-0.4, -0.2) is 19.0 Å². The Kier molecular flexibility index (Phi) is 6.43. The van der Waals surface area contributed by atoms with Crippen molar-refractivity contribution >= 4 is 41.7 Å². The van der Waals surface area contributed by atoms with E-state index in [-0.39, 0.29) is 12.4 Å². The van der Waals surface area contributed by atoms with Gasteiger partial charge in [-0.05, 0) is 42.0 Å². The number of guanidine groups is 1. The molecular formula is C16H17Cl2N3S. The number of hydrogen-bond donors (Lipinski definition) is 2. The Labute approximate surface area is 146 Å². The molecule has 1 aliphatic rings. The van der Waals surface area contributed by atoms with Crippen LogP contribution in [0.5, 0.6) is 0 Å². The Balaban J connectivity index is 0.00000176. The fourth-order valence-corrected chi connectivity index (χ4v) is 2.96. The van der Waals surface area contributed by atoms with E-state index in [0.29, 0.717) is 0 Å². The summed E-state index contributed by atoms with van der Waals surface area (Å²) in [5, 5.41) is 7.26. The highest BCUT2D eigenvalue weighted by atomic mass is 35.5. The van der Waals surface area contributed by atoms with Gasteiger partial charge in [0.15, 0.2) is 5.96 Å². The largest absolute Gasteiger partial charge is 0.355 e. The molecule has 3 nitrogen and oxygen atoms in total. The lowest BCUT2D eigenvalue weighted by Gasteiger charge is -2.07. The average molecular weight is 354 g/mol. The Morgan fingerprint density at radius 3 is 2.27 bits per heavy atom. The van der Waals surface area contributed by atoms with Crippen LogP contribution in [0.2, 0.25) is 5.02 Å². The van der Waals surface area contributed by atoms with E-state index in [0.717, 1.165) is 30.6 Å². The first-order valence-corrected chi connectivity index (χ1v) is 8.03. The lowest BCUT2D eigenvalue weighted by Crippen LogP contribution is -2.33. The Hall–Kier alpha value is -1.36. The van der Waals surface area contributed by atoms with Crippen molar-refractivity contribution in [2.45, 2.75) is 16.3 Å². The summed E-state index contributed by atoms with van der Waals surface area (Å²) in [6, 6.07) is 16.5. The zero-order chi connectivity index (χ0) is 14.5. The van der Waals surface area contributed by atoms with Gasteiger partial charge >= 0.3 is 0 Å². The summed E-state index contributed by atoms with van der Waals surface area (Å²) in [4.78, 5) is 6.72. The molecule has 6 heteroatoms. The van der Waals surface area contributed by atoms with Gasteiger partial charge in [-0.25, -0.2) is 0 Å². The molecular weight excluding hydrogens is 337 g/mol. The van der Waals surface area contributed by atoms with Gasteiger partial charge in [-0.15, -0.1) is 12.4 Å². The number of nitrogens with one attached hydrogen (secondary N) is 2. The molecule has 1 aliphatic heterocycles. The first-order chi connectivity index (χ1) is 10.3. The summed E-state index contributed by atoms with van der Waals surface area (Å²) in [7, 11) is 0. The van der Waals surface area contributed by atoms with Crippen molar-refractivity contribution in [3.05, 3.63) is 59.1 Å². The van der Waals surface area contributed by atoms with E-state index in [1.165, 1.54) is 15.4 Å². The third-order valence-electron chi connectivity index (χ3n) is 3.11. The summed E-state index contributed by atoms with van der Waals surface area (Å²) < 4.78 is 0. The number of nitrogens with zero attached hydrogens (tertiary/aromatic N) is 1. The Morgan fingerprint density at radius 2 is 1.68 bits per heavy atom. The van der Waals surface area contributed by atoms with Crippen LogP contribution in [0.1, 0.15) is 5.56 Å². The van der Waals surface area contributed by atoms with Crippen molar-refractivity contribution in [1.29, 1.82) is 0 Å². The molecule has 0 aliphatic carbocycles. The molecule has 2 N–H and O–H groups in total. The van der Waals surface area contributed by atoms with Crippen LogP contribution in [0.3, 0.4) is 0 Å². The van der Waals surface area contributed by atoms with Crippen LogP contribution in [0, 0.1) is 0 Å². The molecule has 0 unspecified atom stereocenters. The first-order valence-electron chi connectivity index (χ1n) is 6.84. The summed E-state index contributed by atoms with van der Waals surface area (Å²) in [5.74, 6) is 0.898. The maximum absolute atomic E-state index is 5.89. The lowest BCUT2D eigenvalue weighted by molar-refractivity contribution is 0.866. The van der Waals surface area contributed by atoms with Crippen molar-refractivity contribution in [3.63, 3.8) is 0 Å². The van der Waals surface area contributed by atoms with Crippen LogP contribution in [0.15, 0.2) is 63.3 Å². The Morgan fingerprint density at radius 1 is 1.05 bits per heavy atom. The number of halogens is 2. The molecule has 0 radical (unpaired) electrons. The highest BCUT2D eigenvalue weighted by molar-refractivity contribution is 7.99. The van der Waals surface area contributed by atoms with Gasteiger partial charge in [0.05, 0.1) is 6.54 Å². The molecule has 116 valence electrons. The van der Waals surface area contributed by atoms with Crippen molar-refractivity contribution in [3.8, 4) is 0 Å². The lowest BCUT2D eigenvalue weighted by atomic mass is 10.2. The number of hydrogen-bond acceptors (Lipinski definition) is 4. The molecule has 0 fully saturated rings. The molecule has 0 saturated carbocycles.